The molecule has 1 fully saturated rings. The van der Waals surface area contributed by atoms with E-state index in [9.17, 15) is 39.5 Å². The average molecular weight is 248 g/mol. The highest BCUT2D eigenvalue weighted by molar-refractivity contribution is 5.11. The third kappa shape index (κ3) is 1.16. The van der Waals surface area contributed by atoms with E-state index in [1.54, 1.807) is 0 Å². The lowest BCUT2D eigenvalue weighted by molar-refractivity contribution is -0.364. The van der Waals surface area contributed by atoms with Gasteiger partial charge in [-0.15, -0.1) is 0 Å². The lowest BCUT2D eigenvalue weighted by Crippen LogP contribution is -2.59. The van der Waals surface area contributed by atoms with Gasteiger partial charge in [0.2, 0.25) is 0 Å². The van der Waals surface area contributed by atoms with Crippen LogP contribution in [0.3, 0.4) is 0 Å². The second-order valence-electron chi connectivity index (χ2n) is 2.72. The Morgan fingerprint density at radius 1 is 0.733 bits per heavy atom. The molecule has 1 aliphatic heterocycles. The van der Waals surface area contributed by atoms with Gasteiger partial charge < -0.3 is 0 Å². The van der Waals surface area contributed by atoms with Crippen LogP contribution in [0.4, 0.5) is 39.5 Å². The van der Waals surface area contributed by atoms with Crippen molar-refractivity contribution in [3.05, 3.63) is 0 Å². The normalized spacial score (nSPS) is 37.2. The van der Waals surface area contributed by atoms with Crippen molar-refractivity contribution in [3.8, 4) is 0 Å². The Bertz CT molecular complexity index is 274. The van der Waals surface area contributed by atoms with Crippen molar-refractivity contribution in [1.29, 1.82) is 0 Å². The molecule has 0 amide bonds. The van der Waals surface area contributed by atoms with Crippen LogP contribution in [0.25, 0.3) is 0 Å². The first-order valence-corrected chi connectivity index (χ1v) is 3.21. The molecule has 0 saturated carbocycles. The van der Waals surface area contributed by atoms with Crippen molar-refractivity contribution >= 4 is 0 Å². The van der Waals surface area contributed by atoms with E-state index in [2.05, 4.69) is 4.74 Å². The quantitative estimate of drug-likeness (QED) is 0.648. The van der Waals surface area contributed by atoms with E-state index in [1.807, 2.05) is 0 Å². The molecule has 10 heteroatoms. The summed E-state index contributed by atoms with van der Waals surface area (Å²) in [5.74, 6) is -6.32. The maximum absolute atomic E-state index is 12.6. The van der Waals surface area contributed by atoms with Crippen molar-refractivity contribution < 1.29 is 44.3 Å². The monoisotopic (exact) mass is 248 g/mol. The minimum atomic E-state index is -6.32. The van der Waals surface area contributed by atoms with Gasteiger partial charge >= 0.3 is 23.8 Å². The summed E-state index contributed by atoms with van der Waals surface area (Å²) in [6, 6.07) is 0. The van der Waals surface area contributed by atoms with E-state index in [0.29, 0.717) is 0 Å². The fraction of sp³-hybridized carbons (Fsp3) is 1.00. The molecule has 90 valence electrons. The number of hydrogen-bond acceptors (Lipinski definition) is 1. The van der Waals surface area contributed by atoms with Gasteiger partial charge in [0, 0.05) is 0 Å². The van der Waals surface area contributed by atoms with E-state index in [0.717, 1.165) is 0 Å². The topological polar surface area (TPSA) is 9.23 Å². The van der Waals surface area contributed by atoms with Gasteiger partial charge in [0.1, 0.15) is 0 Å². The van der Waals surface area contributed by atoms with E-state index in [1.165, 1.54) is 0 Å². The first-order valence-electron chi connectivity index (χ1n) is 3.21. The van der Waals surface area contributed by atoms with E-state index < -0.39 is 30.2 Å². The molecule has 0 aromatic carbocycles. The fourth-order valence-electron chi connectivity index (χ4n) is 0.958. The summed E-state index contributed by atoms with van der Waals surface area (Å²) in [7, 11) is 0. The average Bonchev–Trinajstić information content (AvgIpc) is 2.06. The maximum atomic E-state index is 12.6. The smallest absolute Gasteiger partial charge is 0.247 e. The maximum Gasteiger partial charge on any atom is 0.427 e. The molecule has 15 heavy (non-hydrogen) atoms. The van der Waals surface area contributed by atoms with Gasteiger partial charge in [0.05, 0.1) is 0 Å². The van der Waals surface area contributed by atoms with Gasteiger partial charge in [-0.2, -0.15) is 26.3 Å². The highest BCUT2D eigenvalue weighted by Gasteiger charge is 2.92. The summed E-state index contributed by atoms with van der Waals surface area (Å²) in [4.78, 5) is 0. The van der Waals surface area contributed by atoms with Crippen LogP contribution in [0.15, 0.2) is 0 Å². The zero-order valence-electron chi connectivity index (χ0n) is 6.39. The van der Waals surface area contributed by atoms with Gasteiger partial charge in [0.25, 0.3) is 6.43 Å². The second-order valence-corrected chi connectivity index (χ2v) is 2.72. The Labute approximate surface area is 75.8 Å². The molecular formula is C5HF9O. The Kier molecular flexibility index (Phi) is 2.24. The molecule has 1 heterocycles. The molecule has 1 unspecified atom stereocenters. The molecule has 0 bridgehead atoms. The van der Waals surface area contributed by atoms with Crippen LogP contribution in [-0.2, 0) is 4.74 Å². The molecule has 0 spiro atoms. The number of rotatable bonds is 1. The second kappa shape index (κ2) is 2.71. The minimum Gasteiger partial charge on any atom is -0.247 e. The standard InChI is InChI=1S/C5HF9O/c6-1(7)2(8)3(9,10)5(13,14)15-4(2,11)12/h1H. The van der Waals surface area contributed by atoms with Crippen LogP contribution in [0, 0.1) is 0 Å². The molecule has 0 aromatic heterocycles. The van der Waals surface area contributed by atoms with Crippen LogP contribution in [0.2, 0.25) is 0 Å². The third-order valence-corrected chi connectivity index (χ3v) is 1.80. The molecule has 0 N–H and O–H groups in total. The van der Waals surface area contributed by atoms with E-state index >= 15 is 0 Å². The van der Waals surface area contributed by atoms with Gasteiger partial charge in [-0.25, -0.2) is 17.9 Å². The van der Waals surface area contributed by atoms with Crippen LogP contribution >= 0.6 is 0 Å². The highest BCUT2D eigenvalue weighted by atomic mass is 19.3. The predicted molar refractivity (Wildman–Crippen MR) is 25.8 cm³/mol. The fourth-order valence-corrected chi connectivity index (χ4v) is 0.958. The lowest BCUT2D eigenvalue weighted by Gasteiger charge is -2.27. The Morgan fingerprint density at radius 2 is 1.13 bits per heavy atom. The van der Waals surface area contributed by atoms with Crippen molar-refractivity contribution in [2.45, 2.75) is 30.2 Å². The predicted octanol–water partition coefficient (Wildman–Crippen LogP) is 2.81. The van der Waals surface area contributed by atoms with Crippen LogP contribution < -0.4 is 0 Å². The van der Waals surface area contributed by atoms with Crippen molar-refractivity contribution in [2.24, 2.45) is 0 Å². The summed E-state index contributed by atoms with van der Waals surface area (Å²) < 4.78 is 111. The zero-order chi connectivity index (χ0) is 12.3. The molecular weight excluding hydrogens is 247 g/mol. The highest BCUT2D eigenvalue weighted by Crippen LogP contribution is 2.62. The lowest BCUT2D eigenvalue weighted by atomic mass is 9.99. The Balaban J connectivity index is 3.37. The summed E-state index contributed by atoms with van der Waals surface area (Å²) in [6.45, 7) is 0. The molecule has 0 aromatic rings. The SMILES string of the molecule is FC(F)C1(F)C(F)(F)OC(F)(F)C1(F)F. The molecule has 1 saturated heterocycles. The van der Waals surface area contributed by atoms with E-state index in [-0.39, 0.29) is 0 Å². The Morgan fingerprint density at radius 3 is 1.27 bits per heavy atom. The number of hydrogen-bond donors (Lipinski definition) is 0. The Hall–Kier alpha value is -0.670. The van der Waals surface area contributed by atoms with Crippen LogP contribution in [0.1, 0.15) is 0 Å². The first-order chi connectivity index (χ1) is 6.40. The third-order valence-electron chi connectivity index (χ3n) is 1.80. The number of ether oxygens (including phenoxy) is 1. The van der Waals surface area contributed by atoms with Gasteiger partial charge in [-0.1, -0.05) is 0 Å². The first kappa shape index (κ1) is 12.4. The summed E-state index contributed by atoms with van der Waals surface area (Å²) in [5, 5.41) is 0. The van der Waals surface area contributed by atoms with Crippen LogP contribution in [0.5, 0.6) is 0 Å². The largest absolute Gasteiger partial charge is 0.427 e. The zero-order valence-corrected chi connectivity index (χ0v) is 6.39. The molecule has 1 rings (SSSR count). The van der Waals surface area contributed by atoms with Crippen molar-refractivity contribution in [3.63, 3.8) is 0 Å². The minimum absolute atomic E-state index is 2.06. The molecule has 0 radical (unpaired) electrons. The number of halogens is 9. The molecule has 1 atom stereocenters. The van der Waals surface area contributed by atoms with Gasteiger partial charge in [-0.05, 0) is 0 Å². The van der Waals surface area contributed by atoms with Gasteiger partial charge in [0.15, 0.2) is 0 Å². The molecule has 1 nitrogen and oxygen atoms in total. The summed E-state index contributed by atoms with van der Waals surface area (Å²) in [6.07, 6.45) is -17.0. The van der Waals surface area contributed by atoms with Crippen molar-refractivity contribution in [1.82, 2.24) is 0 Å². The summed E-state index contributed by atoms with van der Waals surface area (Å²) >= 11 is 0. The molecule has 1 aliphatic rings. The molecule has 0 aliphatic carbocycles. The number of alkyl halides is 9. The van der Waals surface area contributed by atoms with Gasteiger partial charge in [-0.3, -0.25) is 0 Å². The van der Waals surface area contributed by atoms with Crippen LogP contribution in [-0.4, -0.2) is 30.2 Å². The van der Waals surface area contributed by atoms with E-state index in [4.69, 9.17) is 0 Å². The van der Waals surface area contributed by atoms with Crippen molar-refractivity contribution in [2.75, 3.05) is 0 Å². The summed E-state index contributed by atoms with van der Waals surface area (Å²) in [5.41, 5.74) is -6.05.